The number of pyridine rings is 1. The normalized spacial score (nSPS) is 18.4. The lowest BCUT2D eigenvalue weighted by Gasteiger charge is -2.16. The SMILES string of the molecule is O=C1N[C@H](c2cccc(C#Cc3cccnc3)c2)[C@@H](c2ccncn2)O1. The van der Waals surface area contributed by atoms with Crippen LogP contribution in [0.5, 0.6) is 0 Å². The first kappa shape index (κ1) is 15.8. The molecule has 6 nitrogen and oxygen atoms in total. The number of alkyl carbamates (subject to hydrolysis) is 1. The highest BCUT2D eigenvalue weighted by Gasteiger charge is 2.37. The largest absolute Gasteiger partial charge is 0.437 e. The van der Waals surface area contributed by atoms with Gasteiger partial charge in [-0.1, -0.05) is 24.0 Å². The third-order valence-electron chi connectivity index (χ3n) is 3.96. The Labute approximate surface area is 150 Å². The lowest BCUT2D eigenvalue weighted by atomic mass is 9.98. The topological polar surface area (TPSA) is 77.0 Å². The second-order valence-corrected chi connectivity index (χ2v) is 5.70. The van der Waals surface area contributed by atoms with Crippen LogP contribution in [0.2, 0.25) is 0 Å². The highest BCUT2D eigenvalue weighted by molar-refractivity contribution is 5.71. The fourth-order valence-corrected chi connectivity index (χ4v) is 2.77. The van der Waals surface area contributed by atoms with Crippen molar-refractivity contribution < 1.29 is 9.53 Å². The summed E-state index contributed by atoms with van der Waals surface area (Å²) in [5.74, 6) is 6.20. The molecule has 1 saturated heterocycles. The zero-order chi connectivity index (χ0) is 17.8. The third-order valence-corrected chi connectivity index (χ3v) is 3.96. The number of carbonyl (C=O) groups excluding carboxylic acids is 1. The smallest absolute Gasteiger partial charge is 0.408 e. The summed E-state index contributed by atoms with van der Waals surface area (Å²) >= 11 is 0. The summed E-state index contributed by atoms with van der Waals surface area (Å²) in [4.78, 5) is 24.0. The van der Waals surface area contributed by atoms with Crippen LogP contribution in [0.4, 0.5) is 4.79 Å². The Hall–Kier alpha value is -3.72. The standard InChI is InChI=1S/C20H14N4O2/c25-20-24-18(19(26-20)17-8-10-22-13-23-17)16-5-1-3-14(11-16)6-7-15-4-2-9-21-12-15/h1-5,8-13,18-19H,(H,24,25)/t18-,19-/m1/s1. The molecule has 126 valence electrons. The van der Waals surface area contributed by atoms with E-state index in [1.165, 1.54) is 6.33 Å². The van der Waals surface area contributed by atoms with Gasteiger partial charge in [-0.15, -0.1) is 0 Å². The Morgan fingerprint density at radius 1 is 1.00 bits per heavy atom. The van der Waals surface area contributed by atoms with E-state index in [2.05, 4.69) is 32.1 Å². The molecule has 3 heterocycles. The van der Waals surface area contributed by atoms with Crippen molar-refractivity contribution in [1.82, 2.24) is 20.3 Å². The van der Waals surface area contributed by atoms with Crippen molar-refractivity contribution in [2.75, 3.05) is 0 Å². The average molecular weight is 342 g/mol. The van der Waals surface area contributed by atoms with Crippen LogP contribution in [0, 0.1) is 11.8 Å². The molecule has 0 unspecified atom stereocenters. The molecule has 0 radical (unpaired) electrons. The lowest BCUT2D eigenvalue weighted by molar-refractivity contribution is 0.129. The molecule has 1 amide bonds. The lowest BCUT2D eigenvalue weighted by Crippen LogP contribution is -2.20. The molecule has 1 aliphatic heterocycles. The van der Waals surface area contributed by atoms with Gasteiger partial charge in [0, 0.05) is 29.7 Å². The summed E-state index contributed by atoms with van der Waals surface area (Å²) in [5, 5.41) is 2.84. The molecule has 1 aliphatic rings. The minimum Gasteiger partial charge on any atom is -0.437 e. The fourth-order valence-electron chi connectivity index (χ4n) is 2.77. The fraction of sp³-hybridized carbons (Fsp3) is 0.100. The number of rotatable bonds is 2. The molecule has 0 aliphatic carbocycles. The zero-order valence-corrected chi connectivity index (χ0v) is 13.7. The maximum atomic E-state index is 11.8. The molecule has 1 aromatic carbocycles. The number of amides is 1. The van der Waals surface area contributed by atoms with Gasteiger partial charge in [0.25, 0.3) is 0 Å². The van der Waals surface area contributed by atoms with Crippen molar-refractivity contribution in [1.29, 1.82) is 0 Å². The van der Waals surface area contributed by atoms with Crippen molar-refractivity contribution >= 4 is 6.09 Å². The predicted octanol–water partition coefficient (Wildman–Crippen LogP) is 2.79. The summed E-state index contributed by atoms with van der Waals surface area (Å²) in [5.41, 5.74) is 3.23. The number of benzene rings is 1. The van der Waals surface area contributed by atoms with Gasteiger partial charge >= 0.3 is 6.09 Å². The molecule has 3 aromatic rings. The van der Waals surface area contributed by atoms with Gasteiger partial charge in [-0.2, -0.15) is 0 Å². The van der Waals surface area contributed by atoms with Crippen molar-refractivity contribution in [2.24, 2.45) is 0 Å². The van der Waals surface area contributed by atoms with E-state index >= 15 is 0 Å². The first-order valence-corrected chi connectivity index (χ1v) is 8.05. The van der Waals surface area contributed by atoms with Gasteiger partial charge in [0.2, 0.25) is 0 Å². The highest BCUT2D eigenvalue weighted by atomic mass is 16.6. The van der Waals surface area contributed by atoms with E-state index < -0.39 is 12.2 Å². The van der Waals surface area contributed by atoms with Crippen LogP contribution >= 0.6 is 0 Å². The third kappa shape index (κ3) is 3.37. The monoisotopic (exact) mass is 342 g/mol. The number of aromatic nitrogens is 3. The van der Waals surface area contributed by atoms with E-state index in [4.69, 9.17) is 4.74 Å². The van der Waals surface area contributed by atoms with Gasteiger partial charge in [-0.25, -0.2) is 14.8 Å². The summed E-state index contributed by atoms with van der Waals surface area (Å²) < 4.78 is 5.40. The molecular weight excluding hydrogens is 328 g/mol. The molecule has 0 saturated carbocycles. The molecule has 2 aromatic heterocycles. The van der Waals surface area contributed by atoms with Gasteiger partial charge in [-0.3, -0.25) is 4.98 Å². The van der Waals surface area contributed by atoms with Crippen molar-refractivity contribution in [3.05, 3.63) is 89.8 Å². The maximum absolute atomic E-state index is 11.8. The molecule has 2 atom stereocenters. The Bertz CT molecular complexity index is 981. The summed E-state index contributed by atoms with van der Waals surface area (Å²) in [6.07, 6.45) is 5.52. The van der Waals surface area contributed by atoms with Gasteiger partial charge in [-0.05, 0) is 35.9 Å². The Morgan fingerprint density at radius 3 is 2.69 bits per heavy atom. The van der Waals surface area contributed by atoms with Crippen LogP contribution in [0.25, 0.3) is 0 Å². The van der Waals surface area contributed by atoms with E-state index in [1.807, 2.05) is 36.4 Å². The molecule has 6 heteroatoms. The number of nitrogens with one attached hydrogen (secondary N) is 1. The van der Waals surface area contributed by atoms with Crippen LogP contribution < -0.4 is 5.32 Å². The minimum atomic E-state index is -0.507. The first-order valence-electron chi connectivity index (χ1n) is 8.05. The summed E-state index contributed by atoms with van der Waals surface area (Å²) in [6.45, 7) is 0. The Balaban J connectivity index is 1.63. The van der Waals surface area contributed by atoms with Crippen molar-refractivity contribution in [2.45, 2.75) is 12.1 Å². The van der Waals surface area contributed by atoms with Crippen LogP contribution in [0.3, 0.4) is 0 Å². The van der Waals surface area contributed by atoms with E-state index in [1.54, 1.807) is 24.7 Å². The number of carbonyl (C=O) groups is 1. The van der Waals surface area contributed by atoms with Crippen molar-refractivity contribution in [3.8, 4) is 11.8 Å². The van der Waals surface area contributed by atoms with E-state index in [0.29, 0.717) is 5.69 Å². The van der Waals surface area contributed by atoms with Gasteiger partial charge < -0.3 is 10.1 Å². The van der Waals surface area contributed by atoms with Crippen molar-refractivity contribution in [3.63, 3.8) is 0 Å². The Kier molecular flexibility index (Phi) is 4.27. The zero-order valence-electron chi connectivity index (χ0n) is 13.7. The van der Waals surface area contributed by atoms with Gasteiger partial charge in [0.1, 0.15) is 12.4 Å². The van der Waals surface area contributed by atoms with Crippen LogP contribution in [0.1, 0.15) is 34.5 Å². The second kappa shape index (κ2) is 7.03. The van der Waals surface area contributed by atoms with Crippen LogP contribution in [-0.2, 0) is 4.74 Å². The molecule has 1 fully saturated rings. The Morgan fingerprint density at radius 2 is 1.88 bits per heavy atom. The number of hydrogen-bond donors (Lipinski definition) is 1. The molecular formula is C20H14N4O2. The number of hydrogen-bond acceptors (Lipinski definition) is 5. The van der Waals surface area contributed by atoms with E-state index in [-0.39, 0.29) is 6.04 Å². The summed E-state index contributed by atoms with van der Waals surface area (Å²) in [6, 6.07) is 12.9. The molecule has 26 heavy (non-hydrogen) atoms. The molecule has 1 N–H and O–H groups in total. The van der Waals surface area contributed by atoms with E-state index in [0.717, 1.165) is 16.7 Å². The predicted molar refractivity (Wildman–Crippen MR) is 93.8 cm³/mol. The minimum absolute atomic E-state index is 0.336. The molecule has 0 bridgehead atoms. The maximum Gasteiger partial charge on any atom is 0.408 e. The average Bonchev–Trinajstić information content (AvgIpc) is 3.10. The second-order valence-electron chi connectivity index (χ2n) is 5.70. The first-order chi connectivity index (χ1) is 12.8. The van der Waals surface area contributed by atoms with E-state index in [9.17, 15) is 4.79 Å². The molecule has 0 spiro atoms. The van der Waals surface area contributed by atoms with Gasteiger partial charge in [0.15, 0.2) is 6.10 Å². The quantitative estimate of drug-likeness (QED) is 0.725. The van der Waals surface area contributed by atoms with Crippen LogP contribution in [-0.4, -0.2) is 21.0 Å². The number of cyclic esters (lactones) is 1. The van der Waals surface area contributed by atoms with Crippen LogP contribution in [0.15, 0.2) is 67.4 Å². The molecule has 4 rings (SSSR count). The number of ether oxygens (including phenoxy) is 1. The highest BCUT2D eigenvalue weighted by Crippen LogP contribution is 2.35. The summed E-state index contributed by atoms with van der Waals surface area (Å²) in [7, 11) is 0. The number of nitrogens with zero attached hydrogens (tertiary/aromatic N) is 3. The van der Waals surface area contributed by atoms with Gasteiger partial charge in [0.05, 0.1) is 5.69 Å².